The number of hydrogen-bond acceptors (Lipinski definition) is 6. The number of nitrogens with zero attached hydrogens (tertiary/aromatic N) is 1. The van der Waals surface area contributed by atoms with Crippen LogP contribution in [0.15, 0.2) is 0 Å². The molecule has 0 aromatic heterocycles. The van der Waals surface area contributed by atoms with E-state index in [1.807, 2.05) is 20.8 Å². The van der Waals surface area contributed by atoms with Gasteiger partial charge >= 0.3 is 18.2 Å². The van der Waals surface area contributed by atoms with E-state index in [-0.39, 0.29) is 31.7 Å². The molecule has 0 aliphatic carbocycles. The molecule has 0 spiro atoms. The third kappa shape index (κ3) is 7.93. The van der Waals surface area contributed by atoms with Gasteiger partial charge in [0.1, 0.15) is 11.7 Å². The second-order valence-electron chi connectivity index (χ2n) is 7.33. The van der Waals surface area contributed by atoms with Crippen LogP contribution >= 0.6 is 0 Å². The van der Waals surface area contributed by atoms with Gasteiger partial charge in [0, 0.05) is 13.1 Å². The molecule has 26 heavy (non-hydrogen) atoms. The molecular weight excluding hydrogens is 340 g/mol. The number of hydrogen-bond donors (Lipinski definition) is 1. The first-order valence-corrected chi connectivity index (χ1v) is 9.23. The molecule has 1 aliphatic heterocycles. The molecule has 1 aliphatic rings. The summed E-state index contributed by atoms with van der Waals surface area (Å²) in [5, 5.41) is 2.47. The molecule has 0 bridgehead atoms. The number of carbonyl (C=O) groups excluding carboxylic acids is 3. The second-order valence-corrected chi connectivity index (χ2v) is 7.33. The standard InChI is InChI=1S/C18H32N2O6/c1-6-24-16(22)19-11-10-15(21)25-13(2)14-9-7-8-12-20(14)17(23)26-18(3,4)5/h13-14H,6-12H2,1-5H3,(H,19,22)/t13-,14+/m1/s1. The van der Waals surface area contributed by atoms with Gasteiger partial charge < -0.3 is 24.4 Å². The van der Waals surface area contributed by atoms with Crippen molar-refractivity contribution in [1.82, 2.24) is 10.2 Å². The molecule has 0 unspecified atom stereocenters. The molecule has 2 amide bonds. The number of rotatable bonds is 6. The van der Waals surface area contributed by atoms with Gasteiger partial charge in [-0.3, -0.25) is 4.79 Å². The zero-order valence-electron chi connectivity index (χ0n) is 16.5. The maximum atomic E-state index is 12.4. The Morgan fingerprint density at radius 1 is 1.23 bits per heavy atom. The summed E-state index contributed by atoms with van der Waals surface area (Å²) in [4.78, 5) is 37.3. The minimum Gasteiger partial charge on any atom is -0.460 e. The fourth-order valence-corrected chi connectivity index (χ4v) is 2.79. The number of alkyl carbamates (subject to hydrolysis) is 1. The van der Waals surface area contributed by atoms with Crippen molar-refractivity contribution >= 4 is 18.2 Å². The van der Waals surface area contributed by atoms with Crippen LogP contribution in [0.25, 0.3) is 0 Å². The predicted molar refractivity (Wildman–Crippen MR) is 95.8 cm³/mol. The highest BCUT2D eigenvalue weighted by atomic mass is 16.6. The summed E-state index contributed by atoms with van der Waals surface area (Å²) in [6.07, 6.45) is 1.29. The van der Waals surface area contributed by atoms with Gasteiger partial charge in [0.25, 0.3) is 0 Å². The summed E-state index contributed by atoms with van der Waals surface area (Å²) in [7, 11) is 0. The zero-order valence-corrected chi connectivity index (χ0v) is 16.5. The first kappa shape index (κ1) is 22.1. The van der Waals surface area contributed by atoms with Crippen LogP contribution in [-0.2, 0) is 19.0 Å². The summed E-state index contributed by atoms with van der Waals surface area (Å²) < 4.78 is 15.6. The second kappa shape index (κ2) is 10.2. The normalized spacial score (nSPS) is 18.7. The van der Waals surface area contributed by atoms with Crippen LogP contribution in [0.4, 0.5) is 9.59 Å². The molecule has 0 saturated carbocycles. The highest BCUT2D eigenvalue weighted by molar-refractivity contribution is 5.72. The largest absolute Gasteiger partial charge is 0.460 e. The molecule has 0 aromatic carbocycles. The van der Waals surface area contributed by atoms with E-state index in [1.54, 1.807) is 18.7 Å². The average molecular weight is 372 g/mol. The van der Waals surface area contributed by atoms with Gasteiger partial charge in [-0.25, -0.2) is 9.59 Å². The number of amides is 2. The summed E-state index contributed by atoms with van der Waals surface area (Å²) >= 11 is 0. The molecular formula is C18H32N2O6. The van der Waals surface area contributed by atoms with Gasteiger partial charge in [0.2, 0.25) is 0 Å². The van der Waals surface area contributed by atoms with Crippen molar-refractivity contribution < 1.29 is 28.6 Å². The number of likely N-dealkylation sites (tertiary alicyclic amines) is 1. The van der Waals surface area contributed by atoms with E-state index in [2.05, 4.69) is 5.32 Å². The first-order valence-electron chi connectivity index (χ1n) is 9.23. The molecule has 1 saturated heterocycles. The van der Waals surface area contributed by atoms with Gasteiger partial charge in [0.05, 0.1) is 19.1 Å². The van der Waals surface area contributed by atoms with Crippen LogP contribution in [-0.4, -0.2) is 60.5 Å². The lowest BCUT2D eigenvalue weighted by atomic mass is 9.98. The molecule has 8 heteroatoms. The number of nitrogens with one attached hydrogen (secondary N) is 1. The molecule has 1 rings (SSSR count). The Labute approximate surface area is 155 Å². The minimum absolute atomic E-state index is 0.0440. The lowest BCUT2D eigenvalue weighted by molar-refractivity contribution is -0.152. The molecule has 0 aromatic rings. The van der Waals surface area contributed by atoms with Crippen molar-refractivity contribution in [3.8, 4) is 0 Å². The quantitative estimate of drug-likeness (QED) is 0.569. The topological polar surface area (TPSA) is 94.2 Å². The fraction of sp³-hybridized carbons (Fsp3) is 0.833. The van der Waals surface area contributed by atoms with E-state index in [9.17, 15) is 14.4 Å². The maximum absolute atomic E-state index is 12.4. The van der Waals surface area contributed by atoms with Crippen LogP contribution in [0.2, 0.25) is 0 Å². The van der Waals surface area contributed by atoms with E-state index >= 15 is 0 Å². The zero-order chi connectivity index (χ0) is 19.7. The third-order valence-electron chi connectivity index (χ3n) is 3.91. The summed E-state index contributed by atoms with van der Waals surface area (Å²) in [6, 6.07) is -0.208. The highest BCUT2D eigenvalue weighted by Crippen LogP contribution is 2.24. The molecule has 1 fully saturated rings. The Balaban J connectivity index is 2.51. The van der Waals surface area contributed by atoms with E-state index < -0.39 is 23.8 Å². The van der Waals surface area contributed by atoms with E-state index in [0.29, 0.717) is 6.54 Å². The molecule has 8 nitrogen and oxygen atoms in total. The Bertz CT molecular complexity index is 489. The summed E-state index contributed by atoms with van der Waals surface area (Å²) in [5.41, 5.74) is -0.572. The van der Waals surface area contributed by atoms with Crippen molar-refractivity contribution in [3.05, 3.63) is 0 Å². The highest BCUT2D eigenvalue weighted by Gasteiger charge is 2.35. The maximum Gasteiger partial charge on any atom is 0.410 e. The van der Waals surface area contributed by atoms with E-state index in [0.717, 1.165) is 19.3 Å². The van der Waals surface area contributed by atoms with Crippen molar-refractivity contribution in [3.63, 3.8) is 0 Å². The number of esters is 1. The smallest absolute Gasteiger partial charge is 0.410 e. The Hall–Kier alpha value is -1.99. The monoisotopic (exact) mass is 372 g/mol. The van der Waals surface area contributed by atoms with Crippen LogP contribution in [0.5, 0.6) is 0 Å². The molecule has 0 radical (unpaired) electrons. The van der Waals surface area contributed by atoms with Crippen LogP contribution < -0.4 is 5.32 Å². The Morgan fingerprint density at radius 2 is 1.92 bits per heavy atom. The fourth-order valence-electron chi connectivity index (χ4n) is 2.79. The van der Waals surface area contributed by atoms with Crippen molar-refractivity contribution in [2.45, 2.75) is 78.0 Å². The molecule has 1 N–H and O–H groups in total. The van der Waals surface area contributed by atoms with Gasteiger partial charge in [0.15, 0.2) is 0 Å². The van der Waals surface area contributed by atoms with Gasteiger partial charge in [-0.2, -0.15) is 0 Å². The molecule has 2 atom stereocenters. The van der Waals surface area contributed by atoms with Gasteiger partial charge in [-0.15, -0.1) is 0 Å². The Kier molecular flexibility index (Phi) is 8.68. The van der Waals surface area contributed by atoms with Crippen molar-refractivity contribution in [2.24, 2.45) is 0 Å². The van der Waals surface area contributed by atoms with Crippen LogP contribution in [0, 0.1) is 0 Å². The summed E-state index contributed by atoms with van der Waals surface area (Å²) in [6.45, 7) is 9.96. The summed E-state index contributed by atoms with van der Waals surface area (Å²) in [5.74, 6) is -0.427. The minimum atomic E-state index is -0.572. The van der Waals surface area contributed by atoms with E-state index in [1.165, 1.54) is 0 Å². The number of piperidine rings is 1. The average Bonchev–Trinajstić information content (AvgIpc) is 2.53. The van der Waals surface area contributed by atoms with Gasteiger partial charge in [-0.05, 0) is 53.9 Å². The predicted octanol–water partition coefficient (Wildman–Crippen LogP) is 2.84. The number of ether oxygens (including phenoxy) is 3. The van der Waals surface area contributed by atoms with Crippen LogP contribution in [0.1, 0.15) is 60.3 Å². The molecule has 150 valence electrons. The lowest BCUT2D eigenvalue weighted by Crippen LogP contribution is -2.51. The van der Waals surface area contributed by atoms with Crippen molar-refractivity contribution in [2.75, 3.05) is 19.7 Å². The third-order valence-corrected chi connectivity index (χ3v) is 3.91. The van der Waals surface area contributed by atoms with E-state index in [4.69, 9.17) is 14.2 Å². The van der Waals surface area contributed by atoms with Crippen LogP contribution in [0.3, 0.4) is 0 Å². The van der Waals surface area contributed by atoms with Gasteiger partial charge in [-0.1, -0.05) is 0 Å². The SMILES string of the molecule is CCOC(=O)NCCC(=O)O[C@H](C)[C@@H]1CCCCN1C(=O)OC(C)(C)C. The lowest BCUT2D eigenvalue weighted by Gasteiger charge is -2.39. The van der Waals surface area contributed by atoms with Crippen molar-refractivity contribution in [1.29, 1.82) is 0 Å². The molecule has 1 heterocycles. The Morgan fingerprint density at radius 3 is 2.54 bits per heavy atom. The first-order chi connectivity index (χ1) is 12.1. The number of carbonyl (C=O) groups is 3.